The van der Waals surface area contributed by atoms with Crippen LogP contribution in [0.4, 0.5) is 5.69 Å². The van der Waals surface area contributed by atoms with E-state index in [-0.39, 0.29) is 12.2 Å². The van der Waals surface area contributed by atoms with Gasteiger partial charge in [-0.2, -0.15) is 5.26 Å². The summed E-state index contributed by atoms with van der Waals surface area (Å²) in [5.41, 5.74) is 3.38. The molecule has 0 heterocycles. The lowest BCUT2D eigenvalue weighted by atomic mass is 10.1. The fourth-order valence-electron chi connectivity index (χ4n) is 3.12. The highest BCUT2D eigenvalue weighted by Crippen LogP contribution is 2.29. The van der Waals surface area contributed by atoms with Crippen LogP contribution in [0.2, 0.25) is 0 Å². The first-order valence-corrected chi connectivity index (χ1v) is 11.1. The number of hydrogen-bond donors (Lipinski definition) is 1. The topological polar surface area (TPSA) is 80.6 Å². The zero-order valence-corrected chi connectivity index (χ0v) is 19.7. The van der Waals surface area contributed by atoms with Crippen molar-refractivity contribution in [2.75, 3.05) is 18.5 Å². The van der Waals surface area contributed by atoms with Crippen molar-refractivity contribution < 1.29 is 19.0 Å². The normalized spacial score (nSPS) is 10.6. The zero-order chi connectivity index (χ0) is 25.0. The predicted octanol–water partition coefficient (Wildman–Crippen LogP) is 5.53. The minimum Gasteiger partial charge on any atom is -0.490 e. The van der Waals surface area contributed by atoms with E-state index in [1.807, 2.05) is 44.2 Å². The molecule has 0 unspecified atom stereocenters. The Morgan fingerprint density at radius 3 is 2.40 bits per heavy atom. The molecule has 1 amide bonds. The SMILES string of the molecule is C#CCOc1ccc(/C=C(\C#N)C(=O)Nc2ccc(OCc3ccc(C)cc3)cc2)cc1OCC. The lowest BCUT2D eigenvalue weighted by molar-refractivity contribution is -0.112. The predicted molar refractivity (Wildman–Crippen MR) is 136 cm³/mol. The van der Waals surface area contributed by atoms with Crippen molar-refractivity contribution >= 4 is 17.7 Å². The summed E-state index contributed by atoms with van der Waals surface area (Å²) in [6, 6.07) is 22.2. The van der Waals surface area contributed by atoms with Crippen molar-refractivity contribution in [1.29, 1.82) is 5.26 Å². The second-order valence-electron chi connectivity index (χ2n) is 7.55. The van der Waals surface area contributed by atoms with Crippen molar-refractivity contribution in [2.45, 2.75) is 20.5 Å². The van der Waals surface area contributed by atoms with Gasteiger partial charge in [-0.15, -0.1) is 6.42 Å². The number of rotatable bonds is 10. The highest BCUT2D eigenvalue weighted by atomic mass is 16.5. The van der Waals surface area contributed by atoms with Crippen LogP contribution < -0.4 is 19.5 Å². The summed E-state index contributed by atoms with van der Waals surface area (Å²) in [5.74, 6) is 3.54. The molecule has 0 spiro atoms. The van der Waals surface area contributed by atoms with Crippen LogP contribution in [0.5, 0.6) is 17.2 Å². The summed E-state index contributed by atoms with van der Waals surface area (Å²) in [6.45, 7) is 4.87. The van der Waals surface area contributed by atoms with Crippen molar-refractivity contribution in [3.63, 3.8) is 0 Å². The van der Waals surface area contributed by atoms with Gasteiger partial charge in [-0.05, 0) is 67.4 Å². The number of anilines is 1. The van der Waals surface area contributed by atoms with Crippen molar-refractivity contribution in [1.82, 2.24) is 0 Å². The number of nitriles is 1. The lowest BCUT2D eigenvalue weighted by Crippen LogP contribution is -2.13. The van der Waals surface area contributed by atoms with Crippen LogP contribution in [-0.2, 0) is 11.4 Å². The average molecular weight is 467 g/mol. The van der Waals surface area contributed by atoms with Gasteiger partial charge in [-0.1, -0.05) is 41.8 Å². The van der Waals surface area contributed by atoms with Gasteiger partial charge in [-0.3, -0.25) is 4.79 Å². The van der Waals surface area contributed by atoms with Gasteiger partial charge < -0.3 is 19.5 Å². The van der Waals surface area contributed by atoms with E-state index in [0.717, 1.165) is 5.56 Å². The van der Waals surface area contributed by atoms with Gasteiger partial charge >= 0.3 is 0 Å². The number of aryl methyl sites for hydroxylation is 1. The lowest BCUT2D eigenvalue weighted by Gasteiger charge is -2.11. The van der Waals surface area contributed by atoms with E-state index in [9.17, 15) is 10.1 Å². The molecule has 1 N–H and O–H groups in total. The smallest absolute Gasteiger partial charge is 0.266 e. The monoisotopic (exact) mass is 466 g/mol. The Hall–Kier alpha value is -4.68. The minimum atomic E-state index is -0.522. The number of nitrogens with one attached hydrogen (secondary N) is 1. The molecule has 176 valence electrons. The fourth-order valence-corrected chi connectivity index (χ4v) is 3.12. The summed E-state index contributed by atoms with van der Waals surface area (Å²) < 4.78 is 16.9. The second kappa shape index (κ2) is 12.5. The number of carbonyl (C=O) groups is 1. The van der Waals surface area contributed by atoms with Gasteiger partial charge in [0, 0.05) is 5.69 Å². The molecular formula is C29H26N2O4. The zero-order valence-electron chi connectivity index (χ0n) is 19.7. The Morgan fingerprint density at radius 1 is 1.00 bits per heavy atom. The van der Waals surface area contributed by atoms with E-state index < -0.39 is 5.91 Å². The maximum Gasteiger partial charge on any atom is 0.266 e. The van der Waals surface area contributed by atoms with E-state index in [0.29, 0.717) is 41.7 Å². The van der Waals surface area contributed by atoms with E-state index in [4.69, 9.17) is 20.6 Å². The Morgan fingerprint density at radius 2 is 1.74 bits per heavy atom. The molecule has 0 aliphatic heterocycles. The molecule has 3 aromatic carbocycles. The number of terminal acetylenes is 1. The largest absolute Gasteiger partial charge is 0.490 e. The first-order chi connectivity index (χ1) is 17.0. The first-order valence-electron chi connectivity index (χ1n) is 11.1. The third kappa shape index (κ3) is 7.42. The standard InChI is InChI=1S/C29H26N2O4/c1-4-16-34-27-15-10-23(18-28(27)33-5-2)17-24(19-30)29(32)31-25-11-13-26(14-12-25)35-20-22-8-6-21(3)7-9-22/h1,6-15,17-18H,5,16,20H2,2-3H3,(H,31,32)/b24-17+. The van der Waals surface area contributed by atoms with Crippen molar-refractivity contribution in [3.05, 3.63) is 89.0 Å². The molecule has 0 saturated carbocycles. The maximum absolute atomic E-state index is 12.7. The molecule has 6 nitrogen and oxygen atoms in total. The van der Waals surface area contributed by atoms with Crippen LogP contribution in [0.1, 0.15) is 23.6 Å². The van der Waals surface area contributed by atoms with Gasteiger partial charge in [-0.25, -0.2) is 0 Å². The van der Waals surface area contributed by atoms with E-state index in [1.165, 1.54) is 11.6 Å². The van der Waals surface area contributed by atoms with Crippen LogP contribution in [0.15, 0.2) is 72.3 Å². The molecule has 3 aromatic rings. The van der Waals surface area contributed by atoms with Gasteiger partial charge in [0.2, 0.25) is 0 Å². The molecule has 0 bridgehead atoms. The third-order valence-electron chi connectivity index (χ3n) is 4.89. The average Bonchev–Trinajstić information content (AvgIpc) is 2.87. The molecule has 6 heteroatoms. The summed E-state index contributed by atoms with van der Waals surface area (Å²) in [6.07, 6.45) is 6.74. The molecule has 0 saturated heterocycles. The van der Waals surface area contributed by atoms with Gasteiger partial charge in [0.1, 0.15) is 30.6 Å². The third-order valence-corrected chi connectivity index (χ3v) is 4.89. The summed E-state index contributed by atoms with van der Waals surface area (Å²) in [5, 5.41) is 12.3. The van der Waals surface area contributed by atoms with Crippen molar-refractivity contribution in [3.8, 4) is 35.7 Å². The number of ether oxygens (including phenoxy) is 3. The number of benzene rings is 3. The minimum absolute atomic E-state index is 0.0514. The van der Waals surface area contributed by atoms with Crippen LogP contribution in [0, 0.1) is 30.6 Å². The van der Waals surface area contributed by atoms with Crippen molar-refractivity contribution in [2.24, 2.45) is 0 Å². The van der Waals surface area contributed by atoms with Crippen LogP contribution in [-0.4, -0.2) is 19.1 Å². The highest BCUT2D eigenvalue weighted by molar-refractivity contribution is 6.09. The molecule has 0 fully saturated rings. The molecular weight excluding hydrogens is 440 g/mol. The number of carbonyl (C=O) groups excluding carboxylic acids is 1. The molecule has 0 aromatic heterocycles. The van der Waals surface area contributed by atoms with Crippen LogP contribution >= 0.6 is 0 Å². The summed E-state index contributed by atoms with van der Waals surface area (Å²) in [4.78, 5) is 12.7. The van der Waals surface area contributed by atoms with Gasteiger partial charge in [0.25, 0.3) is 5.91 Å². The molecule has 3 rings (SSSR count). The summed E-state index contributed by atoms with van der Waals surface area (Å²) in [7, 11) is 0. The number of hydrogen-bond acceptors (Lipinski definition) is 5. The fraction of sp³-hybridized carbons (Fsp3) is 0.172. The second-order valence-corrected chi connectivity index (χ2v) is 7.55. The van der Waals surface area contributed by atoms with E-state index >= 15 is 0 Å². The Balaban J connectivity index is 1.65. The van der Waals surface area contributed by atoms with E-state index in [1.54, 1.807) is 42.5 Å². The van der Waals surface area contributed by atoms with E-state index in [2.05, 4.69) is 11.2 Å². The molecule has 0 aliphatic rings. The maximum atomic E-state index is 12.7. The highest BCUT2D eigenvalue weighted by Gasteiger charge is 2.12. The Bertz CT molecular complexity index is 1260. The van der Waals surface area contributed by atoms with Crippen LogP contribution in [0.25, 0.3) is 6.08 Å². The number of nitrogens with zero attached hydrogens (tertiary/aromatic N) is 1. The Labute approximate surface area is 205 Å². The first kappa shape index (κ1) is 25.0. The molecule has 35 heavy (non-hydrogen) atoms. The van der Waals surface area contributed by atoms with Crippen LogP contribution in [0.3, 0.4) is 0 Å². The molecule has 0 aliphatic carbocycles. The molecule has 0 atom stereocenters. The van der Waals surface area contributed by atoms with Gasteiger partial charge in [0.15, 0.2) is 11.5 Å². The van der Waals surface area contributed by atoms with Gasteiger partial charge in [0.05, 0.1) is 6.61 Å². The quantitative estimate of drug-likeness (QED) is 0.241. The summed E-state index contributed by atoms with van der Waals surface area (Å²) >= 11 is 0. The molecule has 0 radical (unpaired) electrons. The number of amides is 1. The Kier molecular flexibility index (Phi) is 8.93.